The van der Waals surface area contributed by atoms with E-state index < -0.39 is 33.5 Å². The second-order valence-corrected chi connectivity index (χ2v) is 7.30. The zero-order chi connectivity index (χ0) is 12.5. The zero-order valence-electron chi connectivity index (χ0n) is 9.31. The molecule has 1 rings (SSSR count). The summed E-state index contributed by atoms with van der Waals surface area (Å²) in [6.45, 7) is 3.74. The minimum atomic E-state index is -1.32. The molecule has 0 saturated heterocycles. The first kappa shape index (κ1) is 14.2. The Labute approximate surface area is 105 Å². The summed E-state index contributed by atoms with van der Waals surface area (Å²) in [7, 11) is 0. The zero-order valence-corrected chi connectivity index (χ0v) is 11.8. The lowest BCUT2D eigenvalue weighted by Gasteiger charge is -2.15. The lowest BCUT2D eigenvalue weighted by Crippen LogP contribution is -2.14. The van der Waals surface area contributed by atoms with Crippen LogP contribution in [-0.4, -0.2) is 32.4 Å². The highest BCUT2D eigenvalue weighted by Gasteiger charge is 2.30. The van der Waals surface area contributed by atoms with Crippen LogP contribution in [0.25, 0.3) is 0 Å². The molecule has 1 aromatic rings. The van der Waals surface area contributed by atoms with Gasteiger partial charge in [0.05, 0.1) is 0 Å². The van der Waals surface area contributed by atoms with E-state index in [9.17, 15) is 13.7 Å². The van der Waals surface area contributed by atoms with Crippen molar-refractivity contribution in [3.63, 3.8) is 0 Å². The van der Waals surface area contributed by atoms with Crippen LogP contribution in [0.4, 0.5) is 0 Å². The summed E-state index contributed by atoms with van der Waals surface area (Å²) in [6, 6.07) is 3.26. The van der Waals surface area contributed by atoms with Crippen LogP contribution in [0.1, 0.15) is 5.56 Å². The second-order valence-electron chi connectivity index (χ2n) is 3.28. The molecule has 3 unspecified atom stereocenters. The van der Waals surface area contributed by atoms with E-state index in [1.165, 1.54) is 18.8 Å². The number of hydrogen-bond acceptors (Lipinski definition) is 3. The summed E-state index contributed by atoms with van der Waals surface area (Å²) >= 11 is -3.85. The average molecular weight is 277 g/mol. The minimum Gasteiger partial charge on any atom is -0.612 e. The fourth-order valence-electron chi connectivity index (χ4n) is 1.34. The van der Waals surface area contributed by atoms with Gasteiger partial charge in [-0.05, 0) is 46.0 Å². The number of hydrogen-bond donors (Lipinski definition) is 0. The fourth-order valence-corrected chi connectivity index (χ4v) is 4.88. The Morgan fingerprint density at radius 2 is 1.25 bits per heavy atom. The average Bonchev–Trinajstić information content (AvgIpc) is 2.15. The van der Waals surface area contributed by atoms with Crippen molar-refractivity contribution in [3.05, 3.63) is 24.6 Å². The third kappa shape index (κ3) is 3.09. The molecule has 16 heavy (non-hydrogen) atoms. The summed E-state index contributed by atoms with van der Waals surface area (Å²) in [4.78, 5) is 1.33. The van der Waals surface area contributed by atoms with Crippen molar-refractivity contribution in [3.8, 4) is 0 Å². The molecule has 0 spiro atoms. The maximum Gasteiger partial charge on any atom is 0.261 e. The largest absolute Gasteiger partial charge is 0.612 e. The van der Waals surface area contributed by atoms with Gasteiger partial charge in [0.25, 0.3) is 4.90 Å². The highest BCUT2D eigenvalue weighted by molar-refractivity contribution is 7.95. The van der Waals surface area contributed by atoms with Crippen molar-refractivity contribution in [1.82, 2.24) is 0 Å². The summed E-state index contributed by atoms with van der Waals surface area (Å²) in [5.74, 6) is 0. The third-order valence-electron chi connectivity index (χ3n) is 1.99. The van der Waals surface area contributed by atoms with E-state index in [0.717, 1.165) is 0 Å². The topological polar surface area (TPSA) is 69.2 Å². The van der Waals surface area contributed by atoms with Gasteiger partial charge in [0.2, 0.25) is 9.79 Å². The molecule has 6 heteroatoms. The summed E-state index contributed by atoms with van der Waals surface area (Å²) in [5, 5.41) is 0. The molecule has 3 atom stereocenters. The minimum absolute atomic E-state index is 0.411. The van der Waals surface area contributed by atoms with Gasteiger partial charge >= 0.3 is 0 Å². The molecule has 0 amide bonds. The molecule has 0 bridgehead atoms. The predicted octanol–water partition coefficient (Wildman–Crippen LogP) is 1.08. The third-order valence-corrected chi connectivity index (χ3v) is 5.14. The molecule has 0 fully saturated rings. The van der Waals surface area contributed by atoms with E-state index in [0.29, 0.717) is 20.2 Å². The van der Waals surface area contributed by atoms with E-state index in [1.807, 2.05) is 0 Å². The van der Waals surface area contributed by atoms with Crippen LogP contribution in [0.5, 0.6) is 0 Å². The first-order valence-corrected chi connectivity index (χ1v) is 9.02. The van der Waals surface area contributed by atoms with Gasteiger partial charge in [-0.1, -0.05) is 0 Å². The molecule has 0 aromatic heterocycles. The Balaban J connectivity index is 3.48. The first-order valence-electron chi connectivity index (χ1n) is 4.35. The molecule has 0 N–H and O–H groups in total. The Morgan fingerprint density at radius 1 is 0.875 bits per heavy atom. The molecule has 0 aliphatic heterocycles. The predicted molar refractivity (Wildman–Crippen MR) is 67.9 cm³/mol. The Hall–Kier alpha value is 0.150. The van der Waals surface area contributed by atoms with Crippen molar-refractivity contribution in [1.29, 1.82) is 0 Å². The molecule has 3 nitrogen and oxygen atoms in total. The van der Waals surface area contributed by atoms with Crippen molar-refractivity contribution < 1.29 is 13.7 Å². The standard InChI is InChI=1S/C10H13O3S3/c1-7-5-8(14(2)11)10(16(4)13)9(6-7)15(3)12/h5-6H,1H2,2-4H3. The highest BCUT2D eigenvalue weighted by atomic mass is 32.2. The highest BCUT2D eigenvalue weighted by Crippen LogP contribution is 2.29. The van der Waals surface area contributed by atoms with Gasteiger partial charge < -0.3 is 13.7 Å². The summed E-state index contributed by atoms with van der Waals surface area (Å²) < 4.78 is 34.7. The van der Waals surface area contributed by atoms with Gasteiger partial charge in [-0.25, -0.2) is 0 Å². The fraction of sp³-hybridized carbons (Fsp3) is 0.300. The van der Waals surface area contributed by atoms with Gasteiger partial charge in [-0.3, -0.25) is 0 Å². The van der Waals surface area contributed by atoms with E-state index in [1.54, 1.807) is 12.1 Å². The summed E-state index contributed by atoms with van der Waals surface area (Å²) in [5.41, 5.74) is 0.629. The van der Waals surface area contributed by atoms with Crippen LogP contribution in [0, 0.1) is 6.92 Å². The normalized spacial score (nSPS) is 16.9. The first-order chi connectivity index (χ1) is 7.34. The molecule has 0 saturated carbocycles. The Bertz CT molecular complexity index is 349. The SMILES string of the molecule is [CH2]c1cc([S+](C)[O-])c([S+](C)[O-])c([S+](C)[O-])c1. The van der Waals surface area contributed by atoms with Crippen LogP contribution in [0.3, 0.4) is 0 Å². The molecule has 0 aliphatic carbocycles. The molecule has 1 radical (unpaired) electrons. The molecule has 0 heterocycles. The smallest absolute Gasteiger partial charge is 0.261 e. The summed E-state index contributed by atoms with van der Waals surface area (Å²) in [6.07, 6.45) is 4.51. The molecule has 1 aromatic carbocycles. The van der Waals surface area contributed by atoms with Crippen molar-refractivity contribution in [2.24, 2.45) is 0 Å². The molecular weight excluding hydrogens is 264 g/mol. The van der Waals surface area contributed by atoms with Gasteiger partial charge in [-0.2, -0.15) is 0 Å². The Morgan fingerprint density at radius 3 is 1.50 bits per heavy atom. The van der Waals surface area contributed by atoms with Crippen LogP contribution in [0.2, 0.25) is 0 Å². The quantitative estimate of drug-likeness (QED) is 0.776. The molecule has 0 aliphatic rings. The molecular formula is C10H13O3S3. The van der Waals surface area contributed by atoms with E-state index in [4.69, 9.17) is 0 Å². The monoisotopic (exact) mass is 277 g/mol. The van der Waals surface area contributed by atoms with Crippen LogP contribution >= 0.6 is 0 Å². The van der Waals surface area contributed by atoms with Crippen molar-refractivity contribution in [2.75, 3.05) is 18.8 Å². The van der Waals surface area contributed by atoms with Crippen molar-refractivity contribution >= 4 is 33.5 Å². The second kappa shape index (κ2) is 5.66. The number of rotatable bonds is 3. The Kier molecular flexibility index (Phi) is 5.03. The van der Waals surface area contributed by atoms with Crippen molar-refractivity contribution in [2.45, 2.75) is 14.7 Å². The maximum atomic E-state index is 11.6. The van der Waals surface area contributed by atoms with Gasteiger partial charge in [0.15, 0.2) is 0 Å². The maximum absolute atomic E-state index is 11.6. The van der Waals surface area contributed by atoms with Gasteiger partial charge in [0, 0.05) is 12.1 Å². The molecule has 89 valence electrons. The van der Waals surface area contributed by atoms with Gasteiger partial charge in [0.1, 0.15) is 18.8 Å². The van der Waals surface area contributed by atoms with E-state index >= 15 is 0 Å². The van der Waals surface area contributed by atoms with E-state index in [2.05, 4.69) is 6.92 Å². The van der Waals surface area contributed by atoms with Crippen LogP contribution in [0.15, 0.2) is 26.8 Å². The lowest BCUT2D eigenvalue weighted by molar-refractivity contribution is 0.579. The van der Waals surface area contributed by atoms with Crippen LogP contribution < -0.4 is 0 Å². The van der Waals surface area contributed by atoms with Gasteiger partial charge in [-0.15, -0.1) is 0 Å². The van der Waals surface area contributed by atoms with E-state index in [-0.39, 0.29) is 0 Å². The lowest BCUT2D eigenvalue weighted by atomic mass is 10.2. The van der Waals surface area contributed by atoms with Crippen LogP contribution in [-0.2, 0) is 33.5 Å². The number of benzene rings is 1.